The molecule has 0 saturated heterocycles. The molecule has 1 N–H and O–H groups in total. The SMILES string of the molecule is CCn1nc(Cn2ncc(C(=O)O)c2C)c2ccccc21. The van der Waals surface area contributed by atoms with E-state index in [2.05, 4.69) is 10.2 Å². The van der Waals surface area contributed by atoms with Crippen molar-refractivity contribution >= 4 is 16.9 Å². The van der Waals surface area contributed by atoms with Crippen LogP contribution in [0.25, 0.3) is 10.9 Å². The highest BCUT2D eigenvalue weighted by Crippen LogP contribution is 2.20. The van der Waals surface area contributed by atoms with Gasteiger partial charge in [-0.25, -0.2) is 4.79 Å². The standard InChI is InChI=1S/C15H16N4O2/c1-3-18-14-7-5-4-6-11(14)13(17-18)9-19-10(2)12(8-16-19)15(20)21/h4-8H,3,9H2,1-2H3,(H,20,21). The molecule has 0 aliphatic carbocycles. The van der Waals surface area contributed by atoms with Gasteiger partial charge in [-0.1, -0.05) is 18.2 Å². The lowest BCUT2D eigenvalue weighted by Gasteiger charge is -2.02. The number of carbonyl (C=O) groups is 1. The Morgan fingerprint density at radius 1 is 1.29 bits per heavy atom. The third-order valence-corrected chi connectivity index (χ3v) is 3.67. The van der Waals surface area contributed by atoms with Crippen LogP contribution in [0.4, 0.5) is 0 Å². The molecule has 6 heteroatoms. The molecule has 1 aromatic carbocycles. The molecule has 0 radical (unpaired) electrons. The summed E-state index contributed by atoms with van der Waals surface area (Å²) in [7, 11) is 0. The molecule has 108 valence electrons. The fraction of sp³-hybridized carbons (Fsp3) is 0.267. The topological polar surface area (TPSA) is 72.9 Å². The number of rotatable bonds is 4. The average Bonchev–Trinajstić information content (AvgIpc) is 3.01. The number of carboxylic acids is 1. The number of aromatic nitrogens is 4. The van der Waals surface area contributed by atoms with Gasteiger partial charge in [-0.05, 0) is 19.9 Å². The van der Waals surface area contributed by atoms with Crippen LogP contribution in [-0.4, -0.2) is 30.6 Å². The molecule has 2 heterocycles. The molecular formula is C15H16N4O2. The molecule has 0 atom stereocenters. The molecular weight excluding hydrogens is 268 g/mol. The van der Waals surface area contributed by atoms with Crippen LogP contribution in [0.15, 0.2) is 30.5 Å². The summed E-state index contributed by atoms with van der Waals surface area (Å²) in [5.74, 6) is -0.956. The molecule has 6 nitrogen and oxygen atoms in total. The lowest BCUT2D eigenvalue weighted by Crippen LogP contribution is -2.07. The summed E-state index contributed by atoms with van der Waals surface area (Å²) in [5.41, 5.74) is 2.85. The molecule has 0 aliphatic rings. The Morgan fingerprint density at radius 2 is 2.05 bits per heavy atom. The summed E-state index contributed by atoms with van der Waals surface area (Å²) in [6, 6.07) is 8.03. The Hall–Kier alpha value is -2.63. The minimum atomic E-state index is -0.956. The normalized spacial score (nSPS) is 11.1. The first kappa shape index (κ1) is 13.4. The molecule has 0 bridgehead atoms. The van der Waals surface area contributed by atoms with E-state index in [4.69, 9.17) is 5.11 Å². The second-order valence-electron chi connectivity index (χ2n) is 4.89. The Morgan fingerprint density at radius 3 is 2.71 bits per heavy atom. The first-order valence-corrected chi connectivity index (χ1v) is 6.82. The third kappa shape index (κ3) is 2.18. The smallest absolute Gasteiger partial charge is 0.339 e. The average molecular weight is 284 g/mol. The minimum absolute atomic E-state index is 0.231. The van der Waals surface area contributed by atoms with Crippen molar-refractivity contribution in [2.24, 2.45) is 0 Å². The van der Waals surface area contributed by atoms with Gasteiger partial charge in [-0.2, -0.15) is 10.2 Å². The van der Waals surface area contributed by atoms with Crippen molar-refractivity contribution in [2.75, 3.05) is 0 Å². The summed E-state index contributed by atoms with van der Waals surface area (Å²) in [6.45, 7) is 5.06. The van der Waals surface area contributed by atoms with E-state index >= 15 is 0 Å². The van der Waals surface area contributed by atoms with Crippen molar-refractivity contribution < 1.29 is 9.90 Å². The number of nitrogens with zero attached hydrogens (tertiary/aromatic N) is 4. The van der Waals surface area contributed by atoms with E-state index in [0.717, 1.165) is 23.1 Å². The molecule has 3 rings (SSSR count). The van der Waals surface area contributed by atoms with Crippen molar-refractivity contribution in [2.45, 2.75) is 26.9 Å². The Balaban J connectivity index is 2.04. The first-order chi connectivity index (χ1) is 10.1. The number of fused-ring (bicyclic) bond motifs is 1. The van der Waals surface area contributed by atoms with E-state index in [-0.39, 0.29) is 5.56 Å². The van der Waals surface area contributed by atoms with Crippen LogP contribution >= 0.6 is 0 Å². The van der Waals surface area contributed by atoms with Gasteiger partial charge in [0.2, 0.25) is 0 Å². The molecule has 3 aromatic rings. The molecule has 0 aliphatic heterocycles. The second kappa shape index (κ2) is 5.05. The minimum Gasteiger partial charge on any atom is -0.478 e. The second-order valence-corrected chi connectivity index (χ2v) is 4.89. The molecule has 0 amide bonds. The predicted octanol–water partition coefficient (Wildman–Crippen LogP) is 2.31. The van der Waals surface area contributed by atoms with Crippen molar-refractivity contribution in [1.29, 1.82) is 0 Å². The van der Waals surface area contributed by atoms with Gasteiger partial charge in [-0.15, -0.1) is 0 Å². The lowest BCUT2D eigenvalue weighted by molar-refractivity contribution is 0.0696. The summed E-state index contributed by atoms with van der Waals surface area (Å²) < 4.78 is 3.62. The summed E-state index contributed by atoms with van der Waals surface area (Å²) in [4.78, 5) is 11.1. The number of para-hydroxylation sites is 1. The van der Waals surface area contributed by atoms with Crippen molar-refractivity contribution in [3.8, 4) is 0 Å². The Labute approximate surface area is 121 Å². The number of hydrogen-bond acceptors (Lipinski definition) is 3. The van der Waals surface area contributed by atoms with Gasteiger partial charge in [0, 0.05) is 11.9 Å². The van der Waals surface area contributed by atoms with Gasteiger partial charge in [0.1, 0.15) is 5.56 Å². The number of carboxylic acid groups (broad SMARTS) is 1. The number of aromatic carboxylic acids is 1. The maximum Gasteiger partial charge on any atom is 0.339 e. The molecule has 21 heavy (non-hydrogen) atoms. The van der Waals surface area contributed by atoms with Crippen LogP contribution in [-0.2, 0) is 13.1 Å². The van der Waals surface area contributed by atoms with E-state index in [1.54, 1.807) is 11.6 Å². The van der Waals surface area contributed by atoms with Gasteiger partial charge in [0.15, 0.2) is 0 Å². The number of hydrogen-bond donors (Lipinski definition) is 1. The fourth-order valence-electron chi connectivity index (χ4n) is 2.51. The van der Waals surface area contributed by atoms with Crippen molar-refractivity contribution in [3.63, 3.8) is 0 Å². The van der Waals surface area contributed by atoms with Gasteiger partial charge in [0.25, 0.3) is 0 Å². The van der Waals surface area contributed by atoms with E-state index in [0.29, 0.717) is 12.2 Å². The Bertz CT molecular complexity index is 816. The van der Waals surface area contributed by atoms with Gasteiger partial charge in [0.05, 0.1) is 29.6 Å². The van der Waals surface area contributed by atoms with Gasteiger partial charge < -0.3 is 5.11 Å². The maximum absolute atomic E-state index is 11.1. The molecule has 0 fully saturated rings. The zero-order chi connectivity index (χ0) is 15.0. The zero-order valence-electron chi connectivity index (χ0n) is 11.9. The highest BCUT2D eigenvalue weighted by molar-refractivity contribution is 5.88. The molecule has 0 saturated carbocycles. The highest BCUT2D eigenvalue weighted by Gasteiger charge is 2.15. The van der Waals surface area contributed by atoms with Crippen LogP contribution in [0.1, 0.15) is 28.7 Å². The Kier molecular flexibility index (Phi) is 3.21. The van der Waals surface area contributed by atoms with E-state index in [9.17, 15) is 4.79 Å². The molecule has 0 unspecified atom stereocenters. The number of aryl methyl sites for hydroxylation is 1. The highest BCUT2D eigenvalue weighted by atomic mass is 16.4. The van der Waals surface area contributed by atoms with Crippen LogP contribution < -0.4 is 0 Å². The van der Waals surface area contributed by atoms with Crippen molar-refractivity contribution in [3.05, 3.63) is 47.4 Å². The summed E-state index contributed by atoms with van der Waals surface area (Å²) in [5, 5.41) is 18.9. The first-order valence-electron chi connectivity index (χ1n) is 6.82. The van der Waals surface area contributed by atoms with E-state index in [1.807, 2.05) is 35.9 Å². The van der Waals surface area contributed by atoms with Gasteiger partial charge >= 0.3 is 5.97 Å². The van der Waals surface area contributed by atoms with Crippen LogP contribution in [0.5, 0.6) is 0 Å². The monoisotopic (exact) mass is 284 g/mol. The van der Waals surface area contributed by atoms with E-state index < -0.39 is 5.97 Å². The number of benzene rings is 1. The largest absolute Gasteiger partial charge is 0.478 e. The molecule has 2 aromatic heterocycles. The lowest BCUT2D eigenvalue weighted by atomic mass is 10.2. The fourth-order valence-corrected chi connectivity index (χ4v) is 2.51. The third-order valence-electron chi connectivity index (χ3n) is 3.67. The van der Waals surface area contributed by atoms with Crippen LogP contribution in [0.2, 0.25) is 0 Å². The zero-order valence-corrected chi connectivity index (χ0v) is 11.9. The predicted molar refractivity (Wildman–Crippen MR) is 78.4 cm³/mol. The van der Waals surface area contributed by atoms with E-state index in [1.165, 1.54) is 6.20 Å². The summed E-state index contributed by atoms with van der Waals surface area (Å²) in [6.07, 6.45) is 1.39. The molecule has 0 spiro atoms. The van der Waals surface area contributed by atoms with Crippen LogP contribution in [0.3, 0.4) is 0 Å². The van der Waals surface area contributed by atoms with Crippen molar-refractivity contribution in [1.82, 2.24) is 19.6 Å². The maximum atomic E-state index is 11.1. The van der Waals surface area contributed by atoms with Gasteiger partial charge in [-0.3, -0.25) is 9.36 Å². The quantitative estimate of drug-likeness (QED) is 0.798. The van der Waals surface area contributed by atoms with Crippen LogP contribution in [0, 0.1) is 6.92 Å². The summed E-state index contributed by atoms with van der Waals surface area (Å²) >= 11 is 0.